The SMILES string of the molecule is Cc1cnc(OC2CCN(c3ncnc4c3CCCCC4)CC2)nc1. The van der Waals surface area contributed by atoms with Crippen LogP contribution in [0.3, 0.4) is 0 Å². The van der Waals surface area contributed by atoms with Crippen LogP contribution in [0.5, 0.6) is 6.01 Å². The van der Waals surface area contributed by atoms with Crippen LogP contribution in [0.2, 0.25) is 0 Å². The molecule has 2 aromatic rings. The number of rotatable bonds is 3. The fourth-order valence-corrected chi connectivity index (χ4v) is 3.73. The van der Waals surface area contributed by atoms with Crippen molar-refractivity contribution in [2.24, 2.45) is 0 Å². The fraction of sp³-hybridized carbons (Fsp3) is 0.579. The van der Waals surface area contributed by atoms with E-state index in [4.69, 9.17) is 4.74 Å². The molecule has 0 amide bonds. The summed E-state index contributed by atoms with van der Waals surface area (Å²) in [7, 11) is 0. The molecule has 0 radical (unpaired) electrons. The van der Waals surface area contributed by atoms with Gasteiger partial charge in [0.2, 0.25) is 0 Å². The Morgan fingerprint density at radius 1 is 0.960 bits per heavy atom. The molecule has 4 rings (SSSR count). The first-order valence-corrected chi connectivity index (χ1v) is 9.32. The predicted octanol–water partition coefficient (Wildman–Crippen LogP) is 2.89. The number of hydrogen-bond donors (Lipinski definition) is 0. The molecule has 0 saturated carbocycles. The zero-order valence-electron chi connectivity index (χ0n) is 14.8. The Morgan fingerprint density at radius 2 is 1.72 bits per heavy atom. The van der Waals surface area contributed by atoms with Gasteiger partial charge in [0.25, 0.3) is 0 Å². The maximum atomic E-state index is 5.95. The quantitative estimate of drug-likeness (QED) is 0.801. The second kappa shape index (κ2) is 7.33. The van der Waals surface area contributed by atoms with Gasteiger partial charge in [-0.2, -0.15) is 0 Å². The Hall–Kier alpha value is -2.24. The number of ether oxygens (including phenoxy) is 1. The van der Waals surface area contributed by atoms with Gasteiger partial charge in [0, 0.05) is 49.6 Å². The summed E-state index contributed by atoms with van der Waals surface area (Å²) in [5, 5.41) is 0. The topological polar surface area (TPSA) is 64.0 Å². The van der Waals surface area contributed by atoms with Gasteiger partial charge in [0.15, 0.2) is 0 Å². The van der Waals surface area contributed by atoms with Crippen LogP contribution in [0.15, 0.2) is 18.7 Å². The normalized spacial score (nSPS) is 18.5. The maximum Gasteiger partial charge on any atom is 0.316 e. The molecule has 1 saturated heterocycles. The van der Waals surface area contributed by atoms with Crippen LogP contribution in [0.25, 0.3) is 0 Å². The number of aromatic nitrogens is 4. The van der Waals surface area contributed by atoms with Crippen molar-refractivity contribution in [3.8, 4) is 6.01 Å². The van der Waals surface area contributed by atoms with E-state index in [1.807, 2.05) is 6.92 Å². The Labute approximate surface area is 148 Å². The fourth-order valence-electron chi connectivity index (χ4n) is 3.73. The molecule has 2 aliphatic rings. The minimum Gasteiger partial charge on any atom is -0.460 e. The zero-order valence-corrected chi connectivity index (χ0v) is 14.8. The lowest BCUT2D eigenvalue weighted by Crippen LogP contribution is -2.39. The maximum absolute atomic E-state index is 5.95. The number of piperidine rings is 1. The van der Waals surface area contributed by atoms with Gasteiger partial charge in [-0.25, -0.2) is 19.9 Å². The zero-order chi connectivity index (χ0) is 17.1. The first-order valence-electron chi connectivity index (χ1n) is 9.32. The van der Waals surface area contributed by atoms with E-state index in [-0.39, 0.29) is 6.10 Å². The average molecular weight is 339 g/mol. The van der Waals surface area contributed by atoms with Crippen molar-refractivity contribution in [3.63, 3.8) is 0 Å². The van der Waals surface area contributed by atoms with Crippen molar-refractivity contribution >= 4 is 5.82 Å². The number of nitrogens with zero attached hydrogens (tertiary/aromatic N) is 5. The van der Waals surface area contributed by atoms with Gasteiger partial charge >= 0.3 is 6.01 Å². The molecule has 6 heteroatoms. The molecule has 2 aromatic heterocycles. The van der Waals surface area contributed by atoms with E-state index < -0.39 is 0 Å². The molecule has 25 heavy (non-hydrogen) atoms. The molecule has 6 nitrogen and oxygen atoms in total. The standard InChI is InChI=1S/C19H25N5O/c1-14-11-20-19(21-12-14)25-15-7-9-24(10-8-15)18-16-5-3-2-4-6-17(16)22-13-23-18/h11-13,15H,2-10H2,1H3. The highest BCUT2D eigenvalue weighted by atomic mass is 16.5. The molecular formula is C19H25N5O. The molecule has 3 heterocycles. The van der Waals surface area contributed by atoms with Crippen molar-refractivity contribution in [3.05, 3.63) is 35.5 Å². The van der Waals surface area contributed by atoms with Crippen LogP contribution in [0.4, 0.5) is 5.82 Å². The average Bonchev–Trinajstić information content (AvgIpc) is 2.90. The highest BCUT2D eigenvalue weighted by Crippen LogP contribution is 2.28. The second-order valence-electron chi connectivity index (χ2n) is 7.03. The molecule has 0 atom stereocenters. The van der Waals surface area contributed by atoms with Crippen LogP contribution in [0, 0.1) is 6.92 Å². The number of anilines is 1. The molecule has 0 aromatic carbocycles. The third-order valence-electron chi connectivity index (χ3n) is 5.12. The van der Waals surface area contributed by atoms with Crippen LogP contribution in [-0.4, -0.2) is 39.1 Å². The predicted molar refractivity (Wildman–Crippen MR) is 95.9 cm³/mol. The minimum absolute atomic E-state index is 0.180. The monoisotopic (exact) mass is 339 g/mol. The molecule has 0 N–H and O–H groups in total. The van der Waals surface area contributed by atoms with Crippen LogP contribution >= 0.6 is 0 Å². The lowest BCUT2D eigenvalue weighted by atomic mass is 10.0. The second-order valence-corrected chi connectivity index (χ2v) is 7.03. The van der Waals surface area contributed by atoms with Crippen molar-refractivity contribution in [2.75, 3.05) is 18.0 Å². The number of hydrogen-bond acceptors (Lipinski definition) is 6. The van der Waals surface area contributed by atoms with Crippen molar-refractivity contribution < 1.29 is 4.74 Å². The smallest absolute Gasteiger partial charge is 0.316 e. The molecule has 1 fully saturated rings. The van der Waals surface area contributed by atoms with Gasteiger partial charge in [-0.15, -0.1) is 0 Å². The highest BCUT2D eigenvalue weighted by Gasteiger charge is 2.25. The third kappa shape index (κ3) is 3.72. The third-order valence-corrected chi connectivity index (χ3v) is 5.12. The molecule has 0 unspecified atom stereocenters. The van der Waals surface area contributed by atoms with Crippen molar-refractivity contribution in [1.29, 1.82) is 0 Å². The number of fused-ring (bicyclic) bond motifs is 1. The lowest BCUT2D eigenvalue weighted by molar-refractivity contribution is 0.156. The highest BCUT2D eigenvalue weighted by molar-refractivity contribution is 5.49. The largest absolute Gasteiger partial charge is 0.460 e. The Bertz CT molecular complexity index is 710. The van der Waals surface area contributed by atoms with E-state index in [1.165, 1.54) is 30.5 Å². The van der Waals surface area contributed by atoms with Gasteiger partial charge in [0.05, 0.1) is 0 Å². The molecule has 1 aliphatic carbocycles. The summed E-state index contributed by atoms with van der Waals surface area (Å²) in [5.41, 5.74) is 3.68. The summed E-state index contributed by atoms with van der Waals surface area (Å²) in [6, 6.07) is 0.486. The molecular weight excluding hydrogens is 314 g/mol. The first kappa shape index (κ1) is 16.2. The van der Waals surface area contributed by atoms with E-state index in [9.17, 15) is 0 Å². The van der Waals surface area contributed by atoms with Crippen LogP contribution < -0.4 is 9.64 Å². The van der Waals surface area contributed by atoms with Crippen molar-refractivity contribution in [1.82, 2.24) is 19.9 Å². The van der Waals surface area contributed by atoms with E-state index in [1.54, 1.807) is 18.7 Å². The summed E-state index contributed by atoms with van der Waals surface area (Å²) in [6.45, 7) is 3.90. The summed E-state index contributed by atoms with van der Waals surface area (Å²) in [5.74, 6) is 1.15. The van der Waals surface area contributed by atoms with Gasteiger partial charge in [-0.05, 0) is 38.2 Å². The van der Waals surface area contributed by atoms with Crippen LogP contribution in [-0.2, 0) is 12.8 Å². The van der Waals surface area contributed by atoms with E-state index in [2.05, 4.69) is 24.8 Å². The van der Waals surface area contributed by atoms with Gasteiger partial charge < -0.3 is 9.64 Å². The molecule has 132 valence electrons. The minimum atomic E-state index is 0.180. The Balaban J connectivity index is 1.41. The van der Waals surface area contributed by atoms with Gasteiger partial charge in [-0.3, -0.25) is 0 Å². The van der Waals surface area contributed by atoms with E-state index in [0.717, 1.165) is 50.2 Å². The summed E-state index contributed by atoms with van der Waals surface area (Å²) in [6.07, 6.45) is 13.4. The van der Waals surface area contributed by atoms with Gasteiger partial charge in [0.1, 0.15) is 18.2 Å². The summed E-state index contributed by atoms with van der Waals surface area (Å²) >= 11 is 0. The molecule has 0 bridgehead atoms. The van der Waals surface area contributed by atoms with Crippen molar-refractivity contribution in [2.45, 2.75) is 58.0 Å². The van der Waals surface area contributed by atoms with E-state index in [0.29, 0.717) is 6.01 Å². The number of aryl methyl sites for hydroxylation is 2. The Kier molecular flexibility index (Phi) is 4.76. The lowest BCUT2D eigenvalue weighted by Gasteiger charge is -2.33. The Morgan fingerprint density at radius 3 is 2.52 bits per heavy atom. The van der Waals surface area contributed by atoms with Gasteiger partial charge in [-0.1, -0.05) is 6.42 Å². The molecule has 1 aliphatic heterocycles. The van der Waals surface area contributed by atoms with E-state index >= 15 is 0 Å². The summed E-state index contributed by atoms with van der Waals surface area (Å²) in [4.78, 5) is 20.1. The summed E-state index contributed by atoms with van der Waals surface area (Å²) < 4.78 is 5.95. The van der Waals surface area contributed by atoms with Crippen LogP contribution in [0.1, 0.15) is 48.9 Å². The molecule has 0 spiro atoms. The first-order chi connectivity index (χ1) is 12.3.